The smallest absolute Gasteiger partial charge is 0.428 e. The number of allylic oxidation sites excluding steroid dienone is 1. The number of aromatic nitrogens is 2. The van der Waals surface area contributed by atoms with Crippen LogP contribution < -0.4 is 10.5 Å². The SMILES string of the molecule is Cn1nc(C(F)(F)C(F)(F)F)c(OC(F)F)c1N=CC(=CN)c1ccc(C(F)(F)F)c(C2(C#N)CC2)c1. The van der Waals surface area contributed by atoms with Gasteiger partial charge in [-0.25, -0.2) is 9.67 Å². The fraction of sp³-hybridized carbons (Fsp3) is 0.381. The molecule has 2 N–H and O–H groups in total. The molecule has 0 bridgehead atoms. The van der Waals surface area contributed by atoms with Crippen LogP contribution in [0.2, 0.25) is 0 Å². The number of aliphatic imine (C=N–C) groups is 1. The average molecular weight is 543 g/mol. The number of halogens is 10. The third-order valence-corrected chi connectivity index (χ3v) is 5.48. The van der Waals surface area contributed by atoms with Gasteiger partial charge in [0.05, 0.1) is 17.0 Å². The fourth-order valence-electron chi connectivity index (χ4n) is 3.45. The Morgan fingerprint density at radius 1 is 1.19 bits per heavy atom. The highest BCUT2D eigenvalue weighted by molar-refractivity contribution is 6.10. The first-order chi connectivity index (χ1) is 17.0. The zero-order valence-electron chi connectivity index (χ0n) is 18.4. The summed E-state index contributed by atoms with van der Waals surface area (Å²) in [5, 5.41) is 12.3. The van der Waals surface area contributed by atoms with E-state index in [1.54, 1.807) is 0 Å². The molecule has 2 aromatic rings. The third-order valence-electron chi connectivity index (χ3n) is 5.48. The molecule has 0 atom stereocenters. The molecule has 1 aliphatic carbocycles. The van der Waals surface area contributed by atoms with Gasteiger partial charge in [0.15, 0.2) is 17.3 Å². The van der Waals surface area contributed by atoms with Crippen LogP contribution in [0.3, 0.4) is 0 Å². The van der Waals surface area contributed by atoms with Crippen molar-refractivity contribution in [2.24, 2.45) is 17.8 Å². The lowest BCUT2D eigenvalue weighted by atomic mass is 9.89. The fourth-order valence-corrected chi connectivity index (χ4v) is 3.45. The lowest BCUT2D eigenvalue weighted by molar-refractivity contribution is -0.291. The monoisotopic (exact) mass is 543 g/mol. The van der Waals surface area contributed by atoms with Crippen LogP contribution in [0.4, 0.5) is 49.7 Å². The average Bonchev–Trinajstić information content (AvgIpc) is 3.52. The summed E-state index contributed by atoms with van der Waals surface area (Å²) < 4.78 is 137. The number of ether oxygens (including phenoxy) is 1. The molecular weight excluding hydrogens is 528 g/mol. The summed E-state index contributed by atoms with van der Waals surface area (Å²) in [6.07, 6.45) is -9.14. The zero-order chi connectivity index (χ0) is 28.0. The van der Waals surface area contributed by atoms with E-state index in [0.29, 0.717) is 10.7 Å². The lowest BCUT2D eigenvalue weighted by Gasteiger charge is -2.18. The van der Waals surface area contributed by atoms with E-state index in [2.05, 4.69) is 14.8 Å². The number of benzene rings is 1. The highest BCUT2D eigenvalue weighted by atomic mass is 19.4. The molecule has 1 heterocycles. The van der Waals surface area contributed by atoms with Gasteiger partial charge < -0.3 is 10.5 Å². The minimum absolute atomic E-state index is 0.0323. The van der Waals surface area contributed by atoms with Gasteiger partial charge in [-0.1, -0.05) is 6.07 Å². The van der Waals surface area contributed by atoms with Gasteiger partial charge in [-0.05, 0) is 36.1 Å². The second-order valence-corrected chi connectivity index (χ2v) is 7.91. The molecule has 0 amide bonds. The van der Waals surface area contributed by atoms with E-state index in [-0.39, 0.29) is 29.5 Å². The number of alkyl halides is 10. The van der Waals surface area contributed by atoms with Gasteiger partial charge in [0.1, 0.15) is 0 Å². The standard InChI is InChI=1S/C21H15F10N5O/c1-36-16(14(37-17(22)23)15(35-36)19(24,25)21(29,30)31)34-8-11(7-32)10-2-3-12(20(26,27)28)13(6-10)18(9-33)4-5-18/h2-3,6-8,17H,4-5,32H2,1H3. The Morgan fingerprint density at radius 2 is 1.81 bits per heavy atom. The van der Waals surface area contributed by atoms with Gasteiger partial charge >= 0.3 is 24.9 Å². The Bertz CT molecular complexity index is 1280. The van der Waals surface area contributed by atoms with Crippen molar-refractivity contribution in [2.75, 3.05) is 0 Å². The van der Waals surface area contributed by atoms with Gasteiger partial charge in [-0.2, -0.15) is 54.3 Å². The van der Waals surface area contributed by atoms with Gasteiger partial charge in [0.2, 0.25) is 0 Å². The van der Waals surface area contributed by atoms with Crippen LogP contribution in [-0.2, 0) is 24.6 Å². The number of nitrogens with two attached hydrogens (primary N) is 1. The lowest BCUT2D eigenvalue weighted by Crippen LogP contribution is -2.34. The predicted octanol–water partition coefficient (Wildman–Crippen LogP) is 5.95. The normalized spacial score (nSPS) is 16.4. The van der Waals surface area contributed by atoms with Crippen molar-refractivity contribution in [3.8, 4) is 11.8 Å². The molecule has 37 heavy (non-hydrogen) atoms. The molecule has 1 fully saturated rings. The van der Waals surface area contributed by atoms with E-state index in [1.165, 1.54) is 0 Å². The highest BCUT2D eigenvalue weighted by Gasteiger charge is 2.62. The summed E-state index contributed by atoms with van der Waals surface area (Å²) in [7, 11) is 0.826. The van der Waals surface area contributed by atoms with Gasteiger partial charge in [-0.15, -0.1) is 0 Å². The Balaban J connectivity index is 2.10. The first-order valence-electron chi connectivity index (χ1n) is 10.0. The first kappa shape index (κ1) is 27.8. The maximum Gasteiger partial charge on any atom is 0.459 e. The maximum atomic E-state index is 13.9. The maximum absolute atomic E-state index is 13.9. The number of hydrogen-bond acceptors (Lipinski definition) is 5. The summed E-state index contributed by atoms with van der Waals surface area (Å²) in [4.78, 5) is 3.60. The van der Waals surface area contributed by atoms with Crippen LogP contribution in [0.5, 0.6) is 5.75 Å². The third kappa shape index (κ3) is 5.20. The van der Waals surface area contributed by atoms with Crippen molar-refractivity contribution in [2.45, 2.75) is 43.1 Å². The molecule has 0 unspecified atom stereocenters. The molecule has 1 aromatic heterocycles. The Morgan fingerprint density at radius 3 is 2.27 bits per heavy atom. The molecule has 0 radical (unpaired) electrons. The Hall–Kier alpha value is -3.77. The van der Waals surface area contributed by atoms with Crippen LogP contribution in [-0.4, -0.2) is 28.8 Å². The van der Waals surface area contributed by atoms with Crippen molar-refractivity contribution < 1.29 is 48.6 Å². The van der Waals surface area contributed by atoms with Crippen LogP contribution in [0, 0.1) is 11.3 Å². The molecule has 0 saturated heterocycles. The summed E-state index contributed by atoms with van der Waals surface area (Å²) in [5.74, 6) is -8.34. The molecule has 1 aromatic carbocycles. The summed E-state index contributed by atoms with van der Waals surface area (Å²) in [6, 6.07) is 4.52. The molecule has 16 heteroatoms. The molecule has 6 nitrogen and oxygen atoms in total. The van der Waals surface area contributed by atoms with Crippen molar-refractivity contribution in [3.05, 3.63) is 46.8 Å². The summed E-state index contributed by atoms with van der Waals surface area (Å²) >= 11 is 0. The van der Waals surface area contributed by atoms with E-state index in [9.17, 15) is 49.2 Å². The molecule has 0 spiro atoms. The molecule has 1 aliphatic rings. The Kier molecular flexibility index (Phi) is 6.97. The number of nitrogens with zero attached hydrogens (tertiary/aromatic N) is 4. The zero-order valence-corrected chi connectivity index (χ0v) is 18.4. The van der Waals surface area contributed by atoms with Gasteiger partial charge in [-0.3, -0.25) is 0 Å². The van der Waals surface area contributed by atoms with Gasteiger partial charge in [0, 0.05) is 25.0 Å². The molecular formula is C21H15F10N5O. The number of hydrogen-bond donors (Lipinski definition) is 1. The van der Waals surface area contributed by atoms with Crippen LogP contribution in [0.25, 0.3) is 5.57 Å². The highest BCUT2D eigenvalue weighted by Crippen LogP contribution is 2.52. The molecule has 3 rings (SSSR count). The molecule has 1 saturated carbocycles. The number of aryl methyl sites for hydroxylation is 1. The van der Waals surface area contributed by atoms with Gasteiger partial charge in [0.25, 0.3) is 0 Å². The minimum atomic E-state index is -6.21. The number of rotatable bonds is 7. The topological polar surface area (TPSA) is 89.2 Å². The van der Waals surface area contributed by atoms with Crippen LogP contribution >= 0.6 is 0 Å². The van der Waals surface area contributed by atoms with E-state index in [1.807, 2.05) is 6.07 Å². The van der Waals surface area contributed by atoms with Crippen LogP contribution in [0.15, 0.2) is 29.4 Å². The van der Waals surface area contributed by atoms with Crippen LogP contribution in [0.1, 0.15) is 35.2 Å². The second kappa shape index (κ2) is 9.27. The van der Waals surface area contributed by atoms with E-state index in [0.717, 1.165) is 31.6 Å². The Labute approximate surface area is 201 Å². The van der Waals surface area contributed by atoms with Crippen molar-refractivity contribution in [3.63, 3.8) is 0 Å². The van der Waals surface area contributed by atoms with Crippen molar-refractivity contribution in [1.82, 2.24) is 9.78 Å². The van der Waals surface area contributed by atoms with Crippen molar-refractivity contribution in [1.29, 1.82) is 5.26 Å². The van der Waals surface area contributed by atoms with E-state index < -0.39 is 53.1 Å². The van der Waals surface area contributed by atoms with E-state index in [4.69, 9.17) is 5.73 Å². The summed E-state index contributed by atoms with van der Waals surface area (Å²) in [6.45, 7) is -3.83. The molecule has 200 valence electrons. The van der Waals surface area contributed by atoms with Crippen molar-refractivity contribution >= 4 is 17.6 Å². The second-order valence-electron chi connectivity index (χ2n) is 7.91. The minimum Gasteiger partial charge on any atom is -0.428 e. The number of nitriles is 1. The molecule has 0 aliphatic heterocycles. The van der Waals surface area contributed by atoms with E-state index >= 15 is 0 Å². The predicted molar refractivity (Wildman–Crippen MR) is 108 cm³/mol. The summed E-state index contributed by atoms with van der Waals surface area (Å²) in [5.41, 5.74) is 0.313. The first-order valence-corrected chi connectivity index (χ1v) is 10.0. The quantitative estimate of drug-likeness (QED) is 0.345. The largest absolute Gasteiger partial charge is 0.459 e.